The van der Waals surface area contributed by atoms with E-state index in [1.165, 1.54) is 6.07 Å². The van der Waals surface area contributed by atoms with Crippen molar-refractivity contribution < 1.29 is 9.13 Å². The molecule has 0 heterocycles. The largest absolute Gasteiger partial charge is 0.454 e. The van der Waals surface area contributed by atoms with Gasteiger partial charge in [-0.2, -0.15) is 0 Å². The van der Waals surface area contributed by atoms with Gasteiger partial charge in [0.1, 0.15) is 5.75 Å². The maximum absolute atomic E-state index is 14.1. The minimum Gasteiger partial charge on any atom is -0.454 e. The average Bonchev–Trinajstić information content (AvgIpc) is 2.48. The fraction of sp³-hybridized carbons (Fsp3) is 0.294. The van der Waals surface area contributed by atoms with Crippen molar-refractivity contribution in [1.29, 1.82) is 0 Å². The Kier molecular flexibility index (Phi) is 5.13. The minimum absolute atomic E-state index is 0.0457. The fourth-order valence-corrected chi connectivity index (χ4v) is 2.05. The van der Waals surface area contributed by atoms with Gasteiger partial charge in [-0.15, -0.1) is 0 Å². The first-order valence-corrected chi connectivity index (χ1v) is 6.97. The van der Waals surface area contributed by atoms with Crippen molar-refractivity contribution in [1.82, 2.24) is 5.32 Å². The van der Waals surface area contributed by atoms with Gasteiger partial charge >= 0.3 is 0 Å². The molecule has 1 atom stereocenters. The Morgan fingerprint density at radius 3 is 2.55 bits per heavy atom. The van der Waals surface area contributed by atoms with E-state index >= 15 is 0 Å². The lowest BCUT2D eigenvalue weighted by molar-refractivity contribution is 0.425. The van der Waals surface area contributed by atoms with Gasteiger partial charge < -0.3 is 10.1 Å². The normalized spacial score (nSPS) is 12.2. The van der Waals surface area contributed by atoms with Crippen LogP contribution in [0.2, 0.25) is 0 Å². The molecule has 2 aromatic carbocycles. The first kappa shape index (κ1) is 14.5. The standard InChI is InChI=1S/C17H20FNO/c1-3-12-19-13(2)15-10-7-11-16(18)17(15)20-14-8-5-4-6-9-14/h4-11,13,19H,3,12H2,1-2H3. The molecule has 0 saturated carbocycles. The smallest absolute Gasteiger partial charge is 0.167 e. The highest BCUT2D eigenvalue weighted by molar-refractivity contribution is 5.40. The number of hydrogen-bond acceptors (Lipinski definition) is 2. The first-order valence-electron chi connectivity index (χ1n) is 6.97. The topological polar surface area (TPSA) is 21.3 Å². The molecule has 0 radical (unpaired) electrons. The lowest BCUT2D eigenvalue weighted by Crippen LogP contribution is -2.20. The second kappa shape index (κ2) is 7.06. The molecular weight excluding hydrogens is 253 g/mol. The summed E-state index contributed by atoms with van der Waals surface area (Å²) in [6.07, 6.45) is 1.04. The molecule has 1 N–H and O–H groups in total. The van der Waals surface area contributed by atoms with Gasteiger partial charge in [-0.1, -0.05) is 37.3 Å². The monoisotopic (exact) mass is 273 g/mol. The fourth-order valence-electron chi connectivity index (χ4n) is 2.05. The van der Waals surface area contributed by atoms with Crippen molar-refractivity contribution in [2.24, 2.45) is 0 Å². The lowest BCUT2D eigenvalue weighted by Gasteiger charge is -2.18. The van der Waals surface area contributed by atoms with E-state index in [1.807, 2.05) is 43.3 Å². The Morgan fingerprint density at radius 1 is 1.10 bits per heavy atom. The minimum atomic E-state index is -0.337. The van der Waals surface area contributed by atoms with Crippen LogP contribution in [-0.2, 0) is 0 Å². The zero-order valence-electron chi connectivity index (χ0n) is 11.9. The number of halogens is 1. The Hall–Kier alpha value is -1.87. The summed E-state index contributed by atoms with van der Waals surface area (Å²) in [5, 5.41) is 3.36. The molecule has 2 nitrogen and oxygen atoms in total. The average molecular weight is 273 g/mol. The van der Waals surface area contributed by atoms with Crippen molar-refractivity contribution in [2.75, 3.05) is 6.54 Å². The van der Waals surface area contributed by atoms with Crippen molar-refractivity contribution >= 4 is 0 Å². The molecular formula is C17H20FNO. The molecule has 0 aliphatic heterocycles. The number of ether oxygens (including phenoxy) is 1. The summed E-state index contributed by atoms with van der Waals surface area (Å²) in [7, 11) is 0. The highest BCUT2D eigenvalue weighted by Crippen LogP contribution is 2.32. The molecule has 0 spiro atoms. The zero-order chi connectivity index (χ0) is 14.4. The van der Waals surface area contributed by atoms with Crippen LogP contribution in [0, 0.1) is 5.82 Å². The van der Waals surface area contributed by atoms with E-state index in [0.29, 0.717) is 11.5 Å². The molecule has 1 unspecified atom stereocenters. The molecule has 0 saturated heterocycles. The van der Waals surface area contributed by atoms with Gasteiger partial charge in [0, 0.05) is 11.6 Å². The van der Waals surface area contributed by atoms with E-state index < -0.39 is 0 Å². The van der Waals surface area contributed by atoms with Crippen LogP contribution >= 0.6 is 0 Å². The van der Waals surface area contributed by atoms with Crippen molar-refractivity contribution in [3.05, 3.63) is 59.9 Å². The van der Waals surface area contributed by atoms with Crippen molar-refractivity contribution in [2.45, 2.75) is 26.3 Å². The Morgan fingerprint density at radius 2 is 1.85 bits per heavy atom. The van der Waals surface area contributed by atoms with Gasteiger partial charge in [-0.05, 0) is 38.1 Å². The van der Waals surface area contributed by atoms with E-state index in [4.69, 9.17) is 4.74 Å². The predicted molar refractivity (Wildman–Crippen MR) is 79.6 cm³/mol. The number of rotatable bonds is 6. The van der Waals surface area contributed by atoms with Crippen LogP contribution in [0.15, 0.2) is 48.5 Å². The predicted octanol–water partition coefficient (Wildman–Crippen LogP) is 4.68. The third-order valence-electron chi connectivity index (χ3n) is 3.13. The quantitative estimate of drug-likeness (QED) is 0.825. The number of para-hydroxylation sites is 2. The molecule has 20 heavy (non-hydrogen) atoms. The number of nitrogens with one attached hydrogen (secondary N) is 1. The Balaban J connectivity index is 2.26. The second-order valence-corrected chi connectivity index (χ2v) is 4.75. The zero-order valence-corrected chi connectivity index (χ0v) is 11.9. The van der Waals surface area contributed by atoms with Crippen molar-refractivity contribution in [3.8, 4) is 11.5 Å². The summed E-state index contributed by atoms with van der Waals surface area (Å²) in [6, 6.07) is 14.4. The maximum Gasteiger partial charge on any atom is 0.167 e. The molecule has 2 rings (SSSR count). The third kappa shape index (κ3) is 3.58. The molecule has 3 heteroatoms. The van der Waals surface area contributed by atoms with Crippen LogP contribution in [0.25, 0.3) is 0 Å². The van der Waals surface area contributed by atoms with Gasteiger partial charge in [-0.25, -0.2) is 4.39 Å². The van der Waals surface area contributed by atoms with E-state index in [1.54, 1.807) is 6.07 Å². The molecule has 0 aliphatic carbocycles. The van der Waals surface area contributed by atoms with Gasteiger partial charge in [0.25, 0.3) is 0 Å². The van der Waals surface area contributed by atoms with Crippen LogP contribution in [0.4, 0.5) is 4.39 Å². The van der Waals surface area contributed by atoms with Crippen LogP contribution in [0.3, 0.4) is 0 Å². The van der Waals surface area contributed by atoms with E-state index in [9.17, 15) is 4.39 Å². The summed E-state index contributed by atoms with van der Waals surface area (Å²) in [6.45, 7) is 5.01. The Labute approximate surface area is 119 Å². The third-order valence-corrected chi connectivity index (χ3v) is 3.13. The second-order valence-electron chi connectivity index (χ2n) is 4.75. The highest BCUT2D eigenvalue weighted by atomic mass is 19.1. The highest BCUT2D eigenvalue weighted by Gasteiger charge is 2.15. The summed E-state index contributed by atoms with van der Waals surface area (Å²) in [4.78, 5) is 0. The maximum atomic E-state index is 14.1. The Bertz CT molecular complexity index is 542. The lowest BCUT2D eigenvalue weighted by atomic mass is 10.1. The summed E-state index contributed by atoms with van der Waals surface area (Å²) < 4.78 is 19.8. The molecule has 0 aliphatic rings. The van der Waals surface area contributed by atoms with E-state index in [-0.39, 0.29) is 11.9 Å². The van der Waals surface area contributed by atoms with Gasteiger partial charge in [0.05, 0.1) is 0 Å². The molecule has 0 aromatic heterocycles. The molecule has 0 amide bonds. The SMILES string of the molecule is CCCNC(C)c1cccc(F)c1Oc1ccccc1. The van der Waals surface area contributed by atoms with Crippen LogP contribution < -0.4 is 10.1 Å². The van der Waals surface area contributed by atoms with Crippen molar-refractivity contribution in [3.63, 3.8) is 0 Å². The molecule has 106 valence electrons. The van der Waals surface area contributed by atoms with E-state index in [2.05, 4.69) is 12.2 Å². The first-order chi connectivity index (χ1) is 9.72. The summed E-state index contributed by atoms with van der Waals surface area (Å²) >= 11 is 0. The van der Waals surface area contributed by atoms with Crippen LogP contribution in [0.1, 0.15) is 31.9 Å². The summed E-state index contributed by atoms with van der Waals surface area (Å²) in [5.41, 5.74) is 0.835. The van der Waals surface area contributed by atoms with Gasteiger partial charge in [0.2, 0.25) is 0 Å². The number of benzene rings is 2. The van der Waals surface area contributed by atoms with Gasteiger partial charge in [0.15, 0.2) is 11.6 Å². The van der Waals surface area contributed by atoms with E-state index in [0.717, 1.165) is 18.5 Å². The van der Waals surface area contributed by atoms with Crippen LogP contribution in [-0.4, -0.2) is 6.54 Å². The van der Waals surface area contributed by atoms with Gasteiger partial charge in [-0.3, -0.25) is 0 Å². The molecule has 0 bridgehead atoms. The summed E-state index contributed by atoms with van der Waals surface area (Å²) in [5.74, 6) is 0.604. The molecule has 2 aromatic rings. The number of hydrogen-bond donors (Lipinski definition) is 1. The van der Waals surface area contributed by atoms with Crippen LogP contribution in [0.5, 0.6) is 11.5 Å². The molecule has 0 fully saturated rings.